The highest BCUT2D eigenvalue weighted by Gasteiger charge is 2.17. The van der Waals surface area contributed by atoms with Crippen LogP contribution in [0.25, 0.3) is 0 Å². The predicted octanol–water partition coefficient (Wildman–Crippen LogP) is 3.46. The number of hydrogen-bond donors (Lipinski definition) is 1. The van der Waals surface area contributed by atoms with Gasteiger partial charge in [0.2, 0.25) is 0 Å². The molecule has 0 aliphatic heterocycles. The van der Waals surface area contributed by atoms with Crippen LogP contribution in [0.1, 0.15) is 19.3 Å². The first-order valence-corrected chi connectivity index (χ1v) is 5.72. The van der Waals surface area contributed by atoms with Crippen molar-refractivity contribution in [3.8, 4) is 0 Å². The van der Waals surface area contributed by atoms with Crippen molar-refractivity contribution in [3.05, 3.63) is 33.3 Å². The van der Waals surface area contributed by atoms with Crippen molar-refractivity contribution in [3.63, 3.8) is 0 Å². The molecule has 0 amide bonds. The second kappa shape index (κ2) is 4.70. The summed E-state index contributed by atoms with van der Waals surface area (Å²) in [6, 6.07) is 4.46. The lowest BCUT2D eigenvalue weighted by atomic mass is 9.85. The molecule has 16 heavy (non-hydrogen) atoms. The second-order valence-corrected chi connectivity index (χ2v) is 4.51. The van der Waals surface area contributed by atoms with E-state index in [1.54, 1.807) is 6.07 Å². The summed E-state index contributed by atoms with van der Waals surface area (Å²) in [7, 11) is 0. The van der Waals surface area contributed by atoms with Crippen molar-refractivity contribution < 1.29 is 4.92 Å². The Bertz CT molecular complexity index is 405. The van der Waals surface area contributed by atoms with Gasteiger partial charge in [0.25, 0.3) is 5.69 Å². The third kappa shape index (κ3) is 2.44. The minimum Gasteiger partial charge on any atom is -0.383 e. The summed E-state index contributed by atoms with van der Waals surface area (Å²) in [6.07, 6.45) is 3.76. The Morgan fingerprint density at radius 3 is 2.81 bits per heavy atom. The van der Waals surface area contributed by atoms with Gasteiger partial charge in [0.1, 0.15) is 0 Å². The fourth-order valence-corrected chi connectivity index (χ4v) is 1.90. The summed E-state index contributed by atoms with van der Waals surface area (Å²) in [4.78, 5) is 10.2. The first kappa shape index (κ1) is 11.2. The minimum absolute atomic E-state index is 0.0699. The van der Waals surface area contributed by atoms with Crippen LogP contribution in [0, 0.1) is 16.0 Å². The average molecular weight is 241 g/mol. The molecule has 0 aromatic heterocycles. The summed E-state index contributed by atoms with van der Waals surface area (Å²) in [6.45, 7) is 0.848. The highest BCUT2D eigenvalue weighted by Crippen LogP contribution is 2.30. The maximum Gasteiger partial charge on any atom is 0.271 e. The number of nitrogens with zero attached hydrogens (tertiary/aromatic N) is 1. The Hall–Kier alpha value is -1.29. The normalized spacial score (nSPS) is 15.6. The highest BCUT2D eigenvalue weighted by molar-refractivity contribution is 6.33. The van der Waals surface area contributed by atoms with Gasteiger partial charge in [-0.3, -0.25) is 10.1 Å². The largest absolute Gasteiger partial charge is 0.383 e. The van der Waals surface area contributed by atoms with E-state index < -0.39 is 4.92 Å². The molecular formula is C11H13ClN2O2. The van der Waals surface area contributed by atoms with Crippen LogP contribution in [0.5, 0.6) is 0 Å². The molecule has 1 fully saturated rings. The minimum atomic E-state index is -0.412. The number of hydrogen-bond acceptors (Lipinski definition) is 3. The molecule has 0 saturated heterocycles. The SMILES string of the molecule is O=[N+]([O-])c1ccc(Cl)c(NCC2CCC2)c1. The lowest BCUT2D eigenvalue weighted by Gasteiger charge is -2.26. The molecule has 1 aliphatic rings. The maximum absolute atomic E-state index is 10.6. The van der Waals surface area contributed by atoms with Crippen LogP contribution in [0.15, 0.2) is 18.2 Å². The second-order valence-electron chi connectivity index (χ2n) is 4.10. The first-order valence-electron chi connectivity index (χ1n) is 5.34. The van der Waals surface area contributed by atoms with E-state index in [2.05, 4.69) is 5.32 Å². The van der Waals surface area contributed by atoms with E-state index >= 15 is 0 Å². The number of halogens is 1. The third-order valence-electron chi connectivity index (χ3n) is 2.97. The smallest absolute Gasteiger partial charge is 0.271 e. The summed E-state index contributed by atoms with van der Waals surface area (Å²) < 4.78 is 0. The molecule has 1 aliphatic carbocycles. The van der Waals surface area contributed by atoms with Gasteiger partial charge in [-0.1, -0.05) is 18.0 Å². The molecule has 4 nitrogen and oxygen atoms in total. The summed E-state index contributed by atoms with van der Waals surface area (Å²) in [5, 5.41) is 14.3. The van der Waals surface area contributed by atoms with E-state index in [0.29, 0.717) is 16.6 Å². The number of benzene rings is 1. The topological polar surface area (TPSA) is 55.2 Å². The fourth-order valence-electron chi connectivity index (χ4n) is 1.71. The first-order chi connectivity index (χ1) is 7.66. The fraction of sp³-hybridized carbons (Fsp3) is 0.455. The molecule has 1 aromatic carbocycles. The van der Waals surface area contributed by atoms with Gasteiger partial charge in [-0.05, 0) is 24.8 Å². The Morgan fingerprint density at radius 1 is 1.50 bits per heavy atom. The number of nitrogens with one attached hydrogen (secondary N) is 1. The van der Waals surface area contributed by atoms with E-state index in [1.807, 2.05) is 0 Å². The van der Waals surface area contributed by atoms with Crippen LogP contribution in [-0.2, 0) is 0 Å². The molecule has 0 unspecified atom stereocenters. The predicted molar refractivity (Wildman–Crippen MR) is 63.9 cm³/mol. The van der Waals surface area contributed by atoms with Gasteiger partial charge in [0.05, 0.1) is 15.6 Å². The van der Waals surface area contributed by atoms with Crippen LogP contribution >= 0.6 is 11.6 Å². The number of rotatable bonds is 4. The molecule has 0 heterocycles. The van der Waals surface area contributed by atoms with Crippen molar-refractivity contribution in [1.82, 2.24) is 0 Å². The zero-order chi connectivity index (χ0) is 11.5. The number of non-ortho nitro benzene ring substituents is 1. The van der Waals surface area contributed by atoms with E-state index in [4.69, 9.17) is 11.6 Å². The van der Waals surface area contributed by atoms with Gasteiger partial charge < -0.3 is 5.32 Å². The molecule has 0 atom stereocenters. The lowest BCUT2D eigenvalue weighted by molar-refractivity contribution is -0.384. The van der Waals surface area contributed by atoms with Gasteiger partial charge in [-0.25, -0.2) is 0 Å². The van der Waals surface area contributed by atoms with Crippen molar-refractivity contribution in [1.29, 1.82) is 0 Å². The molecule has 0 spiro atoms. The molecule has 1 saturated carbocycles. The van der Waals surface area contributed by atoms with Crippen LogP contribution < -0.4 is 5.32 Å². The maximum atomic E-state index is 10.6. The molecule has 0 radical (unpaired) electrons. The molecular weight excluding hydrogens is 228 g/mol. The monoisotopic (exact) mass is 240 g/mol. The van der Waals surface area contributed by atoms with Gasteiger partial charge in [0.15, 0.2) is 0 Å². The Labute approximate surface area is 98.8 Å². The van der Waals surface area contributed by atoms with Crippen LogP contribution in [-0.4, -0.2) is 11.5 Å². The summed E-state index contributed by atoms with van der Waals surface area (Å²) >= 11 is 5.96. The average Bonchev–Trinajstić information content (AvgIpc) is 2.18. The third-order valence-corrected chi connectivity index (χ3v) is 3.30. The van der Waals surface area contributed by atoms with Crippen LogP contribution in [0.3, 0.4) is 0 Å². The Balaban J connectivity index is 2.05. The van der Waals surface area contributed by atoms with E-state index in [9.17, 15) is 10.1 Å². The standard InChI is InChI=1S/C11H13ClN2O2/c12-10-5-4-9(14(15)16)6-11(10)13-7-8-2-1-3-8/h4-6,8,13H,1-3,7H2. The van der Waals surface area contributed by atoms with Crippen LogP contribution in [0.4, 0.5) is 11.4 Å². The Morgan fingerprint density at radius 2 is 2.25 bits per heavy atom. The lowest BCUT2D eigenvalue weighted by Crippen LogP contribution is -2.21. The number of anilines is 1. The van der Waals surface area contributed by atoms with E-state index in [0.717, 1.165) is 6.54 Å². The molecule has 2 rings (SSSR count). The summed E-state index contributed by atoms with van der Waals surface area (Å²) in [5.74, 6) is 0.690. The Kier molecular flexibility index (Phi) is 3.29. The van der Waals surface area contributed by atoms with Crippen molar-refractivity contribution in [2.75, 3.05) is 11.9 Å². The molecule has 1 aromatic rings. The van der Waals surface area contributed by atoms with Crippen LogP contribution in [0.2, 0.25) is 5.02 Å². The number of nitro benzene ring substituents is 1. The quantitative estimate of drug-likeness (QED) is 0.648. The van der Waals surface area contributed by atoms with E-state index in [1.165, 1.54) is 31.4 Å². The van der Waals surface area contributed by atoms with Gasteiger partial charge in [0, 0.05) is 18.7 Å². The van der Waals surface area contributed by atoms with Gasteiger partial charge in [-0.2, -0.15) is 0 Å². The number of nitro groups is 1. The summed E-state index contributed by atoms with van der Waals surface area (Å²) in [5.41, 5.74) is 0.725. The molecule has 86 valence electrons. The highest BCUT2D eigenvalue weighted by atomic mass is 35.5. The zero-order valence-corrected chi connectivity index (χ0v) is 9.54. The van der Waals surface area contributed by atoms with Crippen molar-refractivity contribution in [2.45, 2.75) is 19.3 Å². The molecule has 5 heteroatoms. The van der Waals surface area contributed by atoms with E-state index in [-0.39, 0.29) is 5.69 Å². The van der Waals surface area contributed by atoms with Crippen molar-refractivity contribution >= 4 is 23.0 Å². The van der Waals surface area contributed by atoms with Crippen molar-refractivity contribution in [2.24, 2.45) is 5.92 Å². The molecule has 0 bridgehead atoms. The van der Waals surface area contributed by atoms with Gasteiger partial charge in [-0.15, -0.1) is 0 Å². The van der Waals surface area contributed by atoms with Gasteiger partial charge >= 0.3 is 0 Å². The molecule has 1 N–H and O–H groups in total. The zero-order valence-electron chi connectivity index (χ0n) is 8.78.